The molecule has 1 N–H and O–H groups in total. The highest BCUT2D eigenvalue weighted by Gasteiger charge is 2.26. The maximum absolute atomic E-state index is 12.8. The van der Waals surface area contributed by atoms with Crippen LogP contribution < -0.4 is 5.32 Å². The lowest BCUT2D eigenvalue weighted by Gasteiger charge is -2.36. The molecule has 0 aromatic heterocycles. The Morgan fingerprint density at radius 2 is 1.56 bits per heavy atom. The second-order valence-corrected chi connectivity index (χ2v) is 10.4. The molecule has 2 fully saturated rings. The van der Waals surface area contributed by atoms with Crippen LogP contribution in [0.4, 0.5) is 5.69 Å². The largest absolute Gasteiger partial charge is 0.379 e. The number of thiocarbonyl (C=S) groups is 1. The van der Waals surface area contributed by atoms with Gasteiger partial charge in [-0.3, -0.25) is 4.90 Å². The molecule has 0 bridgehead atoms. The van der Waals surface area contributed by atoms with Gasteiger partial charge >= 0.3 is 0 Å². The third-order valence-corrected chi connectivity index (χ3v) is 8.21. The highest BCUT2D eigenvalue weighted by Crippen LogP contribution is 2.20. The predicted octanol–water partition coefficient (Wildman–Crippen LogP) is 2.26. The SMILES string of the molecule is O=S(=O)(c1ccc(NC(=S)N2CCN(CCc3ccccc3)CC2)cc1)N1CCOCC1. The maximum Gasteiger partial charge on any atom is 0.243 e. The summed E-state index contributed by atoms with van der Waals surface area (Å²) in [5.41, 5.74) is 2.16. The van der Waals surface area contributed by atoms with Crippen molar-refractivity contribution in [1.29, 1.82) is 0 Å². The monoisotopic (exact) mass is 474 g/mol. The molecule has 2 saturated heterocycles. The first kappa shape index (κ1) is 23.1. The van der Waals surface area contributed by atoms with Gasteiger partial charge < -0.3 is 15.0 Å². The van der Waals surface area contributed by atoms with Crippen molar-refractivity contribution in [1.82, 2.24) is 14.1 Å². The molecule has 0 saturated carbocycles. The van der Waals surface area contributed by atoms with Crippen molar-refractivity contribution in [2.24, 2.45) is 0 Å². The summed E-state index contributed by atoms with van der Waals surface area (Å²) in [6, 6.07) is 17.4. The van der Waals surface area contributed by atoms with E-state index in [0.717, 1.165) is 44.8 Å². The van der Waals surface area contributed by atoms with E-state index in [-0.39, 0.29) is 0 Å². The Balaban J connectivity index is 1.25. The summed E-state index contributed by atoms with van der Waals surface area (Å²) in [5.74, 6) is 0. The van der Waals surface area contributed by atoms with E-state index >= 15 is 0 Å². The second kappa shape index (κ2) is 10.7. The molecule has 0 aliphatic carbocycles. The van der Waals surface area contributed by atoms with Crippen LogP contribution in [-0.2, 0) is 21.2 Å². The number of nitrogens with one attached hydrogen (secondary N) is 1. The molecule has 2 heterocycles. The molecule has 0 unspecified atom stereocenters. The third kappa shape index (κ3) is 5.85. The molecule has 2 aromatic carbocycles. The minimum Gasteiger partial charge on any atom is -0.379 e. The van der Waals surface area contributed by atoms with E-state index < -0.39 is 10.0 Å². The summed E-state index contributed by atoms with van der Waals surface area (Å²) < 4.78 is 32.2. The zero-order valence-corrected chi connectivity index (χ0v) is 19.8. The Labute approximate surface area is 196 Å². The van der Waals surface area contributed by atoms with E-state index in [4.69, 9.17) is 17.0 Å². The number of benzene rings is 2. The Hall–Kier alpha value is -2.04. The number of ether oxygens (including phenoxy) is 1. The van der Waals surface area contributed by atoms with E-state index in [1.807, 2.05) is 6.07 Å². The normalized spacial score (nSPS) is 18.4. The molecule has 9 heteroatoms. The van der Waals surface area contributed by atoms with Crippen LogP contribution >= 0.6 is 12.2 Å². The zero-order valence-electron chi connectivity index (χ0n) is 18.2. The van der Waals surface area contributed by atoms with E-state index in [2.05, 4.69) is 39.4 Å². The predicted molar refractivity (Wildman–Crippen MR) is 130 cm³/mol. The molecule has 7 nitrogen and oxygen atoms in total. The van der Waals surface area contributed by atoms with Gasteiger partial charge in [-0.2, -0.15) is 4.31 Å². The molecule has 4 rings (SSSR count). The fourth-order valence-corrected chi connectivity index (χ4v) is 5.66. The van der Waals surface area contributed by atoms with Crippen LogP contribution in [0.3, 0.4) is 0 Å². The van der Waals surface area contributed by atoms with Gasteiger partial charge in [0.05, 0.1) is 18.1 Å². The molecule has 32 heavy (non-hydrogen) atoms. The number of sulfonamides is 1. The van der Waals surface area contributed by atoms with Gasteiger partial charge in [0, 0.05) is 51.5 Å². The van der Waals surface area contributed by atoms with E-state index in [0.29, 0.717) is 36.3 Å². The van der Waals surface area contributed by atoms with Crippen molar-refractivity contribution in [3.8, 4) is 0 Å². The number of hydrogen-bond acceptors (Lipinski definition) is 5. The molecule has 0 amide bonds. The highest BCUT2D eigenvalue weighted by atomic mass is 32.2. The van der Waals surface area contributed by atoms with Gasteiger partial charge in [-0.25, -0.2) is 8.42 Å². The van der Waals surface area contributed by atoms with Crippen LogP contribution in [0.25, 0.3) is 0 Å². The Morgan fingerprint density at radius 1 is 0.906 bits per heavy atom. The van der Waals surface area contributed by atoms with Gasteiger partial charge in [-0.15, -0.1) is 0 Å². The summed E-state index contributed by atoms with van der Waals surface area (Å²) in [4.78, 5) is 4.94. The van der Waals surface area contributed by atoms with Crippen LogP contribution in [0.15, 0.2) is 59.5 Å². The van der Waals surface area contributed by atoms with Crippen LogP contribution in [0.5, 0.6) is 0 Å². The average Bonchev–Trinajstić information content (AvgIpc) is 2.84. The minimum atomic E-state index is -3.48. The summed E-state index contributed by atoms with van der Waals surface area (Å²) in [6.07, 6.45) is 1.06. The molecular weight excluding hydrogens is 444 g/mol. The molecule has 2 aliphatic rings. The molecular formula is C23H30N4O3S2. The van der Waals surface area contributed by atoms with Crippen molar-refractivity contribution in [3.63, 3.8) is 0 Å². The van der Waals surface area contributed by atoms with E-state index in [9.17, 15) is 8.42 Å². The lowest BCUT2D eigenvalue weighted by atomic mass is 10.1. The first-order chi connectivity index (χ1) is 15.5. The minimum absolute atomic E-state index is 0.294. The third-order valence-electron chi connectivity index (χ3n) is 5.93. The second-order valence-electron chi connectivity index (χ2n) is 8.04. The first-order valence-corrected chi connectivity index (χ1v) is 12.9. The Kier molecular flexibility index (Phi) is 7.75. The summed E-state index contributed by atoms with van der Waals surface area (Å²) >= 11 is 5.60. The Bertz CT molecular complexity index is 986. The number of morpholine rings is 1. The van der Waals surface area contributed by atoms with E-state index in [1.54, 1.807) is 24.3 Å². The Morgan fingerprint density at radius 3 is 2.22 bits per heavy atom. The molecule has 0 radical (unpaired) electrons. The molecule has 0 spiro atoms. The average molecular weight is 475 g/mol. The fraction of sp³-hybridized carbons (Fsp3) is 0.435. The van der Waals surface area contributed by atoms with Gasteiger partial charge in [-0.05, 0) is 48.5 Å². The van der Waals surface area contributed by atoms with Crippen molar-refractivity contribution in [2.45, 2.75) is 11.3 Å². The first-order valence-electron chi connectivity index (χ1n) is 11.0. The van der Waals surface area contributed by atoms with Gasteiger partial charge in [0.15, 0.2) is 5.11 Å². The van der Waals surface area contributed by atoms with Crippen molar-refractivity contribution < 1.29 is 13.2 Å². The van der Waals surface area contributed by atoms with Crippen LogP contribution in [0.1, 0.15) is 5.56 Å². The quantitative estimate of drug-likeness (QED) is 0.645. The lowest BCUT2D eigenvalue weighted by Crippen LogP contribution is -2.50. The van der Waals surface area contributed by atoms with Crippen molar-refractivity contribution in [3.05, 3.63) is 60.2 Å². The smallest absolute Gasteiger partial charge is 0.243 e. The molecule has 172 valence electrons. The number of piperazine rings is 1. The van der Waals surface area contributed by atoms with Gasteiger partial charge in [-0.1, -0.05) is 30.3 Å². The summed E-state index contributed by atoms with van der Waals surface area (Å²) in [7, 11) is -3.48. The fourth-order valence-electron chi connectivity index (χ4n) is 3.96. The molecule has 2 aliphatic heterocycles. The summed E-state index contributed by atoms with van der Waals surface area (Å²) in [6.45, 7) is 6.43. The van der Waals surface area contributed by atoms with E-state index in [1.165, 1.54) is 9.87 Å². The number of rotatable bonds is 6. The van der Waals surface area contributed by atoms with Crippen LogP contribution in [0, 0.1) is 0 Å². The zero-order chi connectivity index (χ0) is 22.4. The van der Waals surface area contributed by atoms with Crippen molar-refractivity contribution in [2.75, 3.05) is 64.3 Å². The molecule has 0 atom stereocenters. The van der Waals surface area contributed by atoms with Crippen LogP contribution in [-0.4, -0.2) is 86.7 Å². The topological polar surface area (TPSA) is 65.1 Å². The summed E-state index contributed by atoms with van der Waals surface area (Å²) in [5, 5.41) is 3.93. The van der Waals surface area contributed by atoms with Crippen molar-refractivity contribution >= 4 is 33.0 Å². The van der Waals surface area contributed by atoms with Gasteiger partial charge in [0.2, 0.25) is 10.0 Å². The standard InChI is InChI=1S/C23H30N4O3S2/c28-32(29,27-16-18-30-19-17-27)22-8-6-21(7-9-22)24-23(31)26-14-12-25(13-15-26)11-10-20-4-2-1-3-5-20/h1-9H,10-19H2,(H,24,31). The van der Waals surface area contributed by atoms with Gasteiger partial charge in [0.25, 0.3) is 0 Å². The lowest BCUT2D eigenvalue weighted by molar-refractivity contribution is 0.0730. The highest BCUT2D eigenvalue weighted by molar-refractivity contribution is 7.89. The van der Waals surface area contributed by atoms with Gasteiger partial charge in [0.1, 0.15) is 0 Å². The number of nitrogens with zero attached hydrogens (tertiary/aromatic N) is 3. The number of anilines is 1. The molecule has 2 aromatic rings. The number of hydrogen-bond donors (Lipinski definition) is 1. The van der Waals surface area contributed by atoms with Crippen LogP contribution in [0.2, 0.25) is 0 Å². The maximum atomic E-state index is 12.8.